The quantitative estimate of drug-likeness (QED) is 0.727. The number of halogens is 2. The first-order valence-electron chi connectivity index (χ1n) is 5.62. The molecule has 0 radical (unpaired) electrons. The van der Waals surface area contributed by atoms with Crippen molar-refractivity contribution in [1.29, 1.82) is 0 Å². The van der Waals surface area contributed by atoms with Gasteiger partial charge in [-0.25, -0.2) is 13.4 Å². The summed E-state index contributed by atoms with van der Waals surface area (Å²) < 4.78 is 27.8. The second kappa shape index (κ2) is 6.23. The summed E-state index contributed by atoms with van der Waals surface area (Å²) in [6, 6.07) is 5.09. The Morgan fingerprint density at radius 3 is 2.65 bits per heavy atom. The van der Waals surface area contributed by atoms with E-state index in [1.807, 2.05) is 6.92 Å². The van der Waals surface area contributed by atoms with E-state index < -0.39 is 10.0 Å². The third-order valence-corrected chi connectivity index (χ3v) is 7.00. The van der Waals surface area contributed by atoms with Crippen LogP contribution in [0.5, 0.6) is 0 Å². The molecular formula is C12H12Br2N2O2S2. The molecule has 8 heteroatoms. The fourth-order valence-corrected chi connectivity index (χ4v) is 5.12. The molecule has 0 aliphatic rings. The number of aryl methyl sites for hydroxylation is 1. The summed E-state index contributed by atoms with van der Waals surface area (Å²) in [7, 11) is -1.98. The summed E-state index contributed by atoms with van der Waals surface area (Å²) in [4.78, 5) is 5.33. The van der Waals surface area contributed by atoms with Crippen LogP contribution in [0.1, 0.15) is 10.6 Å². The van der Waals surface area contributed by atoms with Gasteiger partial charge in [-0.1, -0.05) is 15.9 Å². The van der Waals surface area contributed by atoms with Crippen LogP contribution in [0.4, 0.5) is 0 Å². The van der Waals surface area contributed by atoms with E-state index >= 15 is 0 Å². The number of aromatic nitrogens is 1. The molecule has 0 spiro atoms. The standard InChI is InChI=1S/C12H12Br2N2O2S2/c1-8-11(19-7-15-8)6-16(2)20(17,18)12-5-9(13)3-4-10(12)14/h3-5,7H,6H2,1-2H3. The minimum atomic E-state index is -3.55. The molecule has 0 saturated carbocycles. The molecular weight excluding hydrogens is 428 g/mol. The highest BCUT2D eigenvalue weighted by Crippen LogP contribution is 2.29. The molecule has 2 rings (SSSR count). The average Bonchev–Trinajstić information content (AvgIpc) is 2.78. The average molecular weight is 440 g/mol. The lowest BCUT2D eigenvalue weighted by molar-refractivity contribution is 0.468. The molecule has 2 aromatic rings. The van der Waals surface area contributed by atoms with Crippen molar-refractivity contribution in [2.75, 3.05) is 7.05 Å². The molecule has 0 unspecified atom stereocenters. The van der Waals surface area contributed by atoms with Crippen LogP contribution in [-0.2, 0) is 16.6 Å². The molecule has 0 aliphatic heterocycles. The number of hydrogen-bond donors (Lipinski definition) is 0. The lowest BCUT2D eigenvalue weighted by Gasteiger charge is -2.17. The zero-order valence-corrected chi connectivity index (χ0v) is 15.6. The molecule has 1 aromatic carbocycles. The van der Waals surface area contributed by atoms with Gasteiger partial charge in [-0.15, -0.1) is 11.3 Å². The highest BCUT2D eigenvalue weighted by molar-refractivity contribution is 9.11. The van der Waals surface area contributed by atoms with E-state index in [0.717, 1.165) is 15.0 Å². The Morgan fingerprint density at radius 2 is 2.05 bits per heavy atom. The number of thiazole rings is 1. The number of hydrogen-bond acceptors (Lipinski definition) is 4. The van der Waals surface area contributed by atoms with Gasteiger partial charge in [-0.05, 0) is 41.1 Å². The minimum Gasteiger partial charge on any atom is -0.250 e. The molecule has 0 atom stereocenters. The first kappa shape index (κ1) is 16.1. The summed E-state index contributed by atoms with van der Waals surface area (Å²) in [6.07, 6.45) is 0. The van der Waals surface area contributed by atoms with Gasteiger partial charge in [-0.2, -0.15) is 4.31 Å². The second-order valence-corrected chi connectivity index (χ2v) is 8.92. The van der Waals surface area contributed by atoms with Gasteiger partial charge in [0.2, 0.25) is 10.0 Å². The summed E-state index contributed by atoms with van der Waals surface area (Å²) in [6.45, 7) is 2.19. The van der Waals surface area contributed by atoms with E-state index in [1.54, 1.807) is 30.8 Å². The number of benzene rings is 1. The van der Waals surface area contributed by atoms with Crippen molar-refractivity contribution < 1.29 is 8.42 Å². The van der Waals surface area contributed by atoms with Crippen LogP contribution in [-0.4, -0.2) is 24.8 Å². The van der Waals surface area contributed by atoms with Crippen molar-refractivity contribution in [2.24, 2.45) is 0 Å². The Bertz CT molecular complexity index is 729. The van der Waals surface area contributed by atoms with Crippen LogP contribution in [0.3, 0.4) is 0 Å². The summed E-state index contributed by atoms with van der Waals surface area (Å²) in [5, 5.41) is 0. The molecule has 0 aliphatic carbocycles. The largest absolute Gasteiger partial charge is 0.250 e. The highest BCUT2D eigenvalue weighted by Gasteiger charge is 2.24. The first-order valence-corrected chi connectivity index (χ1v) is 9.53. The van der Waals surface area contributed by atoms with Crippen LogP contribution in [0.15, 0.2) is 37.6 Å². The Labute approximate surface area is 139 Å². The van der Waals surface area contributed by atoms with Gasteiger partial charge in [-0.3, -0.25) is 0 Å². The molecule has 1 aromatic heterocycles. The molecule has 1 heterocycles. The number of sulfonamides is 1. The van der Waals surface area contributed by atoms with Crippen LogP contribution < -0.4 is 0 Å². The van der Waals surface area contributed by atoms with Crippen molar-refractivity contribution in [3.8, 4) is 0 Å². The Balaban J connectivity index is 2.35. The monoisotopic (exact) mass is 438 g/mol. The number of nitrogens with zero attached hydrogens (tertiary/aromatic N) is 2. The van der Waals surface area contributed by atoms with E-state index in [-0.39, 0.29) is 4.90 Å². The molecule has 108 valence electrons. The zero-order chi connectivity index (χ0) is 14.9. The van der Waals surface area contributed by atoms with Crippen LogP contribution in [0.25, 0.3) is 0 Å². The molecule has 4 nitrogen and oxygen atoms in total. The summed E-state index contributed by atoms with van der Waals surface area (Å²) in [5.74, 6) is 0. The SMILES string of the molecule is Cc1ncsc1CN(C)S(=O)(=O)c1cc(Br)ccc1Br. The maximum Gasteiger partial charge on any atom is 0.244 e. The molecule has 0 fully saturated rings. The Hall–Kier alpha value is -0.280. The van der Waals surface area contributed by atoms with Gasteiger partial charge in [0.25, 0.3) is 0 Å². The van der Waals surface area contributed by atoms with Gasteiger partial charge in [0.1, 0.15) is 0 Å². The predicted octanol–water partition coefficient (Wildman–Crippen LogP) is 3.80. The topological polar surface area (TPSA) is 50.3 Å². The maximum atomic E-state index is 12.6. The normalized spacial score (nSPS) is 12.1. The number of rotatable bonds is 4. The molecule has 0 bridgehead atoms. The maximum absolute atomic E-state index is 12.6. The van der Waals surface area contributed by atoms with Crippen molar-refractivity contribution in [2.45, 2.75) is 18.4 Å². The van der Waals surface area contributed by atoms with Crippen LogP contribution in [0, 0.1) is 6.92 Å². The predicted molar refractivity (Wildman–Crippen MR) is 87.3 cm³/mol. The zero-order valence-electron chi connectivity index (χ0n) is 10.8. The fraction of sp³-hybridized carbons (Fsp3) is 0.250. The van der Waals surface area contributed by atoms with Gasteiger partial charge < -0.3 is 0 Å². The summed E-state index contributed by atoms with van der Waals surface area (Å²) >= 11 is 8.05. The molecule has 20 heavy (non-hydrogen) atoms. The van der Waals surface area contributed by atoms with Crippen LogP contribution >= 0.6 is 43.2 Å². The Kier molecular flexibility index (Phi) is 5.01. The van der Waals surface area contributed by atoms with Gasteiger partial charge in [0.15, 0.2) is 0 Å². The Morgan fingerprint density at radius 1 is 1.35 bits per heavy atom. The van der Waals surface area contributed by atoms with Gasteiger partial charge >= 0.3 is 0 Å². The third-order valence-electron chi connectivity index (χ3n) is 2.79. The van der Waals surface area contributed by atoms with Crippen LogP contribution in [0.2, 0.25) is 0 Å². The van der Waals surface area contributed by atoms with E-state index in [4.69, 9.17) is 0 Å². The second-order valence-electron chi connectivity index (χ2n) is 4.20. The fourth-order valence-electron chi connectivity index (χ4n) is 1.61. The van der Waals surface area contributed by atoms with Crippen molar-refractivity contribution in [3.63, 3.8) is 0 Å². The molecule has 0 N–H and O–H groups in total. The van der Waals surface area contributed by atoms with Crippen molar-refractivity contribution in [3.05, 3.63) is 43.2 Å². The van der Waals surface area contributed by atoms with E-state index in [2.05, 4.69) is 36.8 Å². The smallest absolute Gasteiger partial charge is 0.244 e. The molecule has 0 amide bonds. The van der Waals surface area contributed by atoms with E-state index in [9.17, 15) is 8.42 Å². The first-order chi connectivity index (χ1) is 9.32. The van der Waals surface area contributed by atoms with Crippen molar-refractivity contribution in [1.82, 2.24) is 9.29 Å². The lowest BCUT2D eigenvalue weighted by Crippen LogP contribution is -2.26. The van der Waals surface area contributed by atoms with Gasteiger partial charge in [0.05, 0.1) is 16.1 Å². The highest BCUT2D eigenvalue weighted by atomic mass is 79.9. The lowest BCUT2D eigenvalue weighted by atomic mass is 10.4. The minimum absolute atomic E-state index is 0.247. The summed E-state index contributed by atoms with van der Waals surface area (Å²) in [5.41, 5.74) is 2.59. The van der Waals surface area contributed by atoms with Gasteiger partial charge in [0, 0.05) is 27.4 Å². The van der Waals surface area contributed by atoms with E-state index in [1.165, 1.54) is 15.6 Å². The van der Waals surface area contributed by atoms with Crippen molar-refractivity contribution >= 4 is 53.2 Å². The van der Waals surface area contributed by atoms with E-state index in [0.29, 0.717) is 11.0 Å². The third kappa shape index (κ3) is 3.30. The molecule has 0 saturated heterocycles.